The lowest BCUT2D eigenvalue weighted by Crippen LogP contribution is -2.38. The van der Waals surface area contributed by atoms with Crippen molar-refractivity contribution in [3.8, 4) is 0 Å². The van der Waals surface area contributed by atoms with Gasteiger partial charge in [0.25, 0.3) is 0 Å². The van der Waals surface area contributed by atoms with Crippen molar-refractivity contribution in [1.29, 1.82) is 0 Å². The Balaban J connectivity index is 2.52. The van der Waals surface area contributed by atoms with Crippen LogP contribution in [0.3, 0.4) is 0 Å². The van der Waals surface area contributed by atoms with E-state index in [2.05, 4.69) is 10.6 Å². The van der Waals surface area contributed by atoms with E-state index >= 15 is 0 Å². The summed E-state index contributed by atoms with van der Waals surface area (Å²) in [5, 5.41) is 7.05. The molecule has 0 unspecified atom stereocenters. The fourth-order valence-corrected chi connectivity index (χ4v) is 1.83. The molecule has 0 fully saturated rings. The van der Waals surface area contributed by atoms with Crippen LogP contribution < -0.4 is 10.6 Å². The van der Waals surface area contributed by atoms with Gasteiger partial charge in [0.05, 0.1) is 6.54 Å². The van der Waals surface area contributed by atoms with Crippen LogP contribution in [0.15, 0.2) is 18.2 Å². The number of halogens is 2. The molecule has 98 valence electrons. The number of carbonyl (C=O) groups excluding carboxylic acids is 1. The molecule has 0 heterocycles. The summed E-state index contributed by atoms with van der Waals surface area (Å²) >= 11 is 16.8. The summed E-state index contributed by atoms with van der Waals surface area (Å²) in [6.07, 6.45) is 0. The Bertz CT molecular complexity index is 445. The molecule has 0 radical (unpaired) electrons. The summed E-state index contributed by atoms with van der Waals surface area (Å²) in [4.78, 5) is 12.8. The van der Waals surface area contributed by atoms with Crippen molar-refractivity contribution < 1.29 is 4.79 Å². The minimum atomic E-state index is -0.0664. The number of carbonyl (C=O) groups is 1. The normalized spacial score (nSPS) is 9.78. The van der Waals surface area contributed by atoms with Crippen LogP contribution in [0.2, 0.25) is 10.0 Å². The van der Waals surface area contributed by atoms with Crippen LogP contribution >= 0.6 is 35.4 Å². The molecule has 1 aromatic carbocycles. The van der Waals surface area contributed by atoms with Crippen molar-refractivity contribution in [3.05, 3.63) is 28.2 Å². The first kappa shape index (κ1) is 15.0. The van der Waals surface area contributed by atoms with Gasteiger partial charge in [-0.15, -0.1) is 0 Å². The Morgan fingerprint density at radius 2 is 1.83 bits per heavy atom. The fraction of sp³-hybridized carbons (Fsp3) is 0.273. The largest absolute Gasteiger partial charge is 0.353 e. The number of amides is 1. The Morgan fingerprint density at radius 1 is 1.28 bits per heavy atom. The minimum Gasteiger partial charge on any atom is -0.353 e. The molecular weight excluding hydrogens is 293 g/mol. The molecule has 0 aliphatic rings. The molecule has 4 nitrogen and oxygen atoms in total. The number of likely N-dealkylation sites (N-methyl/N-ethyl adjacent to an activating group) is 1. The van der Waals surface area contributed by atoms with Crippen molar-refractivity contribution in [3.63, 3.8) is 0 Å². The summed E-state index contributed by atoms with van der Waals surface area (Å²) in [7, 11) is 3.36. The second-order valence-corrected chi connectivity index (χ2v) is 5.04. The third-order valence-electron chi connectivity index (χ3n) is 2.02. The predicted molar refractivity (Wildman–Crippen MR) is 79.4 cm³/mol. The van der Waals surface area contributed by atoms with Crippen LogP contribution in [-0.2, 0) is 4.79 Å². The van der Waals surface area contributed by atoms with Gasteiger partial charge in [-0.1, -0.05) is 23.2 Å². The van der Waals surface area contributed by atoms with E-state index in [9.17, 15) is 4.79 Å². The highest BCUT2D eigenvalue weighted by molar-refractivity contribution is 7.80. The zero-order valence-corrected chi connectivity index (χ0v) is 12.3. The zero-order valence-electron chi connectivity index (χ0n) is 9.96. The molecule has 0 aliphatic carbocycles. The molecule has 0 aromatic heterocycles. The number of hydrogen-bond donors (Lipinski definition) is 2. The number of nitrogens with zero attached hydrogens (tertiary/aromatic N) is 1. The van der Waals surface area contributed by atoms with Crippen LogP contribution in [0.5, 0.6) is 0 Å². The van der Waals surface area contributed by atoms with Gasteiger partial charge < -0.3 is 15.5 Å². The Kier molecular flexibility index (Phi) is 5.65. The standard InChI is InChI=1S/C11H13Cl2N3OS/c1-16(2)10(17)6-14-11(18)15-9-4-7(12)3-8(13)5-9/h3-5H,6H2,1-2H3,(H2,14,15,18). The van der Waals surface area contributed by atoms with Crippen molar-refractivity contribution in [1.82, 2.24) is 10.2 Å². The summed E-state index contributed by atoms with van der Waals surface area (Å²) in [6, 6.07) is 5.00. The first-order chi connectivity index (χ1) is 8.38. The van der Waals surface area contributed by atoms with Gasteiger partial charge in [-0.25, -0.2) is 0 Å². The molecule has 1 rings (SSSR count). The van der Waals surface area contributed by atoms with Crippen molar-refractivity contribution in [2.45, 2.75) is 0 Å². The monoisotopic (exact) mass is 305 g/mol. The predicted octanol–water partition coefficient (Wildman–Crippen LogP) is 2.37. The summed E-state index contributed by atoms with van der Waals surface area (Å²) in [5.74, 6) is -0.0664. The smallest absolute Gasteiger partial charge is 0.241 e. The van der Waals surface area contributed by atoms with Gasteiger partial charge in [-0.05, 0) is 30.4 Å². The van der Waals surface area contributed by atoms with Gasteiger partial charge in [-0.2, -0.15) is 0 Å². The van der Waals surface area contributed by atoms with Gasteiger partial charge in [-0.3, -0.25) is 4.79 Å². The molecule has 0 atom stereocenters. The lowest BCUT2D eigenvalue weighted by atomic mass is 10.3. The van der Waals surface area contributed by atoms with Crippen molar-refractivity contribution >= 4 is 52.1 Å². The van der Waals surface area contributed by atoms with Crippen LogP contribution in [0.25, 0.3) is 0 Å². The highest BCUT2D eigenvalue weighted by Crippen LogP contribution is 2.22. The van der Waals surface area contributed by atoms with Gasteiger partial charge in [0, 0.05) is 29.8 Å². The second-order valence-electron chi connectivity index (χ2n) is 3.75. The quantitative estimate of drug-likeness (QED) is 0.842. The number of anilines is 1. The highest BCUT2D eigenvalue weighted by atomic mass is 35.5. The molecule has 0 bridgehead atoms. The van der Waals surface area contributed by atoms with Crippen LogP contribution in [0.1, 0.15) is 0 Å². The first-order valence-corrected chi connectivity index (χ1v) is 6.26. The first-order valence-electron chi connectivity index (χ1n) is 5.09. The minimum absolute atomic E-state index is 0.0664. The van der Waals surface area contributed by atoms with Crippen LogP contribution in [0, 0.1) is 0 Å². The number of benzene rings is 1. The van der Waals surface area contributed by atoms with E-state index < -0.39 is 0 Å². The van der Waals surface area contributed by atoms with E-state index in [0.29, 0.717) is 20.8 Å². The fourth-order valence-electron chi connectivity index (χ4n) is 1.12. The summed E-state index contributed by atoms with van der Waals surface area (Å²) in [6.45, 7) is 0.132. The molecule has 0 saturated carbocycles. The Morgan fingerprint density at radius 3 is 2.33 bits per heavy atom. The van der Waals surface area contributed by atoms with Gasteiger partial charge in [0.2, 0.25) is 5.91 Å². The zero-order chi connectivity index (χ0) is 13.7. The molecule has 18 heavy (non-hydrogen) atoms. The lowest BCUT2D eigenvalue weighted by Gasteiger charge is -2.13. The molecule has 0 spiro atoms. The van der Waals surface area contributed by atoms with E-state index in [-0.39, 0.29) is 12.5 Å². The maximum absolute atomic E-state index is 11.3. The van der Waals surface area contributed by atoms with Crippen LogP contribution in [-0.4, -0.2) is 36.6 Å². The molecule has 7 heteroatoms. The maximum atomic E-state index is 11.3. The molecular formula is C11H13Cl2N3OS. The number of hydrogen-bond acceptors (Lipinski definition) is 2. The van der Waals surface area contributed by atoms with E-state index in [1.165, 1.54) is 4.90 Å². The van der Waals surface area contributed by atoms with Gasteiger partial charge in [0.15, 0.2) is 5.11 Å². The SMILES string of the molecule is CN(C)C(=O)CNC(=S)Nc1cc(Cl)cc(Cl)c1. The van der Waals surface area contributed by atoms with Gasteiger partial charge in [0.1, 0.15) is 0 Å². The third kappa shape index (κ3) is 5.08. The van der Waals surface area contributed by atoms with E-state index in [1.807, 2.05) is 0 Å². The van der Waals surface area contributed by atoms with E-state index in [1.54, 1.807) is 32.3 Å². The average Bonchev–Trinajstić information content (AvgIpc) is 2.24. The number of rotatable bonds is 3. The molecule has 1 aromatic rings. The van der Waals surface area contributed by atoms with E-state index in [4.69, 9.17) is 35.4 Å². The van der Waals surface area contributed by atoms with E-state index in [0.717, 1.165) is 0 Å². The molecule has 0 saturated heterocycles. The second kappa shape index (κ2) is 6.78. The Labute approximate surface area is 121 Å². The van der Waals surface area contributed by atoms with Gasteiger partial charge >= 0.3 is 0 Å². The van der Waals surface area contributed by atoms with Crippen molar-refractivity contribution in [2.75, 3.05) is 26.0 Å². The summed E-state index contributed by atoms with van der Waals surface area (Å²) < 4.78 is 0. The average molecular weight is 306 g/mol. The molecule has 0 aliphatic heterocycles. The topological polar surface area (TPSA) is 44.4 Å². The van der Waals surface area contributed by atoms with Crippen molar-refractivity contribution in [2.24, 2.45) is 0 Å². The Hall–Kier alpha value is -1.04. The molecule has 2 N–H and O–H groups in total. The third-order valence-corrected chi connectivity index (χ3v) is 2.70. The number of thiocarbonyl (C=S) groups is 1. The number of nitrogens with one attached hydrogen (secondary N) is 2. The highest BCUT2D eigenvalue weighted by Gasteiger charge is 2.05. The maximum Gasteiger partial charge on any atom is 0.241 e. The summed E-state index contributed by atoms with van der Waals surface area (Å²) in [5.41, 5.74) is 0.669. The van der Waals surface area contributed by atoms with Crippen LogP contribution in [0.4, 0.5) is 5.69 Å². The lowest BCUT2D eigenvalue weighted by molar-refractivity contribution is -0.127. The molecule has 1 amide bonds.